The van der Waals surface area contributed by atoms with E-state index in [4.69, 9.17) is 0 Å². The largest absolute Gasteiger partial charge is 0.0731 e. The summed E-state index contributed by atoms with van der Waals surface area (Å²) in [7, 11) is 0.0700. The van der Waals surface area contributed by atoms with Crippen LogP contribution in [0.15, 0.2) is 0 Å². The van der Waals surface area contributed by atoms with E-state index >= 15 is 0 Å². The Bertz CT molecular complexity index is 171. The van der Waals surface area contributed by atoms with Crippen molar-refractivity contribution in [3.8, 4) is 0 Å². The lowest BCUT2D eigenvalue weighted by Crippen LogP contribution is -2.39. The van der Waals surface area contributed by atoms with Gasteiger partial charge in [0.1, 0.15) is 0 Å². The number of hydrogen-bond acceptors (Lipinski definition) is 0. The summed E-state index contributed by atoms with van der Waals surface area (Å²) in [5.41, 5.74) is 2.42. The highest BCUT2D eigenvalue weighted by atomic mass is 29.2. The van der Waals surface area contributed by atoms with E-state index in [0.717, 1.165) is 0 Å². The van der Waals surface area contributed by atoms with E-state index in [1.807, 2.05) is 0 Å². The third kappa shape index (κ3) is 3.22. The summed E-state index contributed by atoms with van der Waals surface area (Å²) in [5.74, 6) is 0. The van der Waals surface area contributed by atoms with Gasteiger partial charge in [0, 0.05) is 16.6 Å². The molecule has 2 saturated carbocycles. The molecule has 0 aromatic rings. The molecule has 0 unspecified atom stereocenters. The number of rotatable bonds is 3. The second kappa shape index (κ2) is 6.39. The fourth-order valence-corrected chi connectivity index (χ4v) is 13.1. The molecule has 2 radical (unpaired) electrons. The highest BCUT2D eigenvalue weighted by Crippen LogP contribution is 2.38. The first-order valence-corrected chi connectivity index (χ1v) is 12.6. The molecule has 2 aliphatic rings. The minimum atomic E-state index is 0.0350. The molecule has 0 nitrogen and oxygen atoms in total. The zero-order chi connectivity index (χ0) is 11.4. The average molecular weight is 253 g/mol. The molecule has 0 bridgehead atoms. The van der Waals surface area contributed by atoms with E-state index in [-0.39, 0.29) is 16.6 Å². The predicted octanol–water partition coefficient (Wildman–Crippen LogP) is 4.98. The Balaban J connectivity index is 1.84. The summed E-state index contributed by atoms with van der Waals surface area (Å²) in [6, 6.07) is 0. The lowest BCUT2D eigenvalue weighted by Gasteiger charge is -2.35. The van der Waals surface area contributed by atoms with Gasteiger partial charge in [0.25, 0.3) is 0 Å². The van der Waals surface area contributed by atoms with Crippen molar-refractivity contribution in [3.63, 3.8) is 0 Å². The first kappa shape index (κ1) is 12.9. The second-order valence-electron chi connectivity index (χ2n) is 6.04. The van der Waals surface area contributed by atoms with Crippen molar-refractivity contribution in [1.82, 2.24) is 0 Å². The van der Waals surface area contributed by atoms with Gasteiger partial charge in [0.05, 0.1) is 0 Å². The molecule has 2 rings (SSSR count). The van der Waals surface area contributed by atoms with Crippen LogP contribution < -0.4 is 0 Å². The molecule has 0 amide bonds. The predicted molar refractivity (Wildman–Crippen MR) is 76.9 cm³/mol. The number of hydrogen-bond donors (Lipinski definition) is 0. The van der Waals surface area contributed by atoms with Gasteiger partial charge in [-0.1, -0.05) is 77.3 Å². The Morgan fingerprint density at radius 1 is 0.562 bits per heavy atom. The maximum atomic E-state index is 2.70. The molecular weight excluding hydrogens is 224 g/mol. The highest BCUT2D eigenvalue weighted by molar-refractivity contribution is 7.22. The normalized spacial score (nSPS) is 25.5. The standard InChI is InChI=1S/C14H28Si2/c1-15(13-9-5-3-6-10-13)16(2)14-11-7-4-8-12-14/h13-14H,3-12H2,1-2H3. The van der Waals surface area contributed by atoms with Crippen LogP contribution in [0.4, 0.5) is 0 Å². The lowest BCUT2D eigenvalue weighted by molar-refractivity contribution is 0.492. The Morgan fingerprint density at radius 3 is 1.19 bits per heavy atom. The van der Waals surface area contributed by atoms with Gasteiger partial charge in [0.2, 0.25) is 0 Å². The molecule has 0 spiro atoms. The van der Waals surface area contributed by atoms with Crippen molar-refractivity contribution in [1.29, 1.82) is 0 Å². The fourth-order valence-electron chi connectivity index (χ4n) is 3.72. The van der Waals surface area contributed by atoms with Crippen LogP contribution in [0, 0.1) is 0 Å². The third-order valence-electron chi connectivity index (χ3n) is 5.06. The van der Waals surface area contributed by atoms with Gasteiger partial charge in [0.15, 0.2) is 0 Å². The van der Waals surface area contributed by atoms with Crippen LogP contribution in [-0.2, 0) is 0 Å². The van der Waals surface area contributed by atoms with Crippen LogP contribution >= 0.6 is 0 Å². The van der Waals surface area contributed by atoms with E-state index in [1.165, 1.54) is 23.9 Å². The molecule has 0 aliphatic heterocycles. The van der Waals surface area contributed by atoms with Gasteiger partial charge in [-0.25, -0.2) is 0 Å². The minimum absolute atomic E-state index is 0.0350. The Kier molecular flexibility index (Phi) is 5.14. The summed E-state index contributed by atoms with van der Waals surface area (Å²) in [5, 5.41) is 0. The summed E-state index contributed by atoms with van der Waals surface area (Å²) >= 11 is 0. The Labute approximate surface area is 105 Å². The molecule has 92 valence electrons. The van der Waals surface area contributed by atoms with Crippen molar-refractivity contribution < 1.29 is 0 Å². The molecule has 0 aromatic carbocycles. The summed E-state index contributed by atoms with van der Waals surface area (Å²) in [4.78, 5) is 0. The van der Waals surface area contributed by atoms with Gasteiger partial charge in [-0.3, -0.25) is 0 Å². The zero-order valence-corrected chi connectivity index (χ0v) is 13.2. The minimum Gasteiger partial charge on any atom is -0.0731 e. The van der Waals surface area contributed by atoms with E-state index in [2.05, 4.69) is 13.1 Å². The summed E-state index contributed by atoms with van der Waals surface area (Å²) in [6.45, 7) is 5.40. The average Bonchev–Trinajstić information content (AvgIpc) is 2.39. The molecule has 2 heteroatoms. The molecule has 0 saturated heterocycles. The smallest absolute Gasteiger partial charge is 0.0378 e. The van der Waals surface area contributed by atoms with Crippen LogP contribution in [0.1, 0.15) is 64.2 Å². The third-order valence-corrected chi connectivity index (χ3v) is 16.1. The van der Waals surface area contributed by atoms with Crippen molar-refractivity contribution in [3.05, 3.63) is 0 Å². The molecule has 0 atom stereocenters. The van der Waals surface area contributed by atoms with Gasteiger partial charge in [-0.05, 0) is 11.1 Å². The molecule has 0 heterocycles. The maximum absolute atomic E-state index is 2.70. The van der Waals surface area contributed by atoms with Crippen LogP contribution in [0.25, 0.3) is 0 Å². The van der Waals surface area contributed by atoms with Crippen LogP contribution in [-0.4, -0.2) is 16.6 Å². The van der Waals surface area contributed by atoms with Crippen LogP contribution in [0.3, 0.4) is 0 Å². The monoisotopic (exact) mass is 252 g/mol. The fraction of sp³-hybridized carbons (Fsp3) is 1.00. The zero-order valence-electron chi connectivity index (χ0n) is 11.2. The van der Waals surface area contributed by atoms with Crippen molar-refractivity contribution in [2.24, 2.45) is 0 Å². The van der Waals surface area contributed by atoms with E-state index in [9.17, 15) is 0 Å². The van der Waals surface area contributed by atoms with Gasteiger partial charge >= 0.3 is 0 Å². The molecule has 2 fully saturated rings. The molecule has 2 aliphatic carbocycles. The van der Waals surface area contributed by atoms with E-state index < -0.39 is 0 Å². The first-order chi connectivity index (χ1) is 7.79. The van der Waals surface area contributed by atoms with Crippen molar-refractivity contribution in [2.75, 3.05) is 0 Å². The SMILES string of the molecule is C[Si](C1CCCCC1)[Si](C)C1CCCCC1. The van der Waals surface area contributed by atoms with E-state index in [0.29, 0.717) is 0 Å². The first-order valence-electron chi connectivity index (χ1n) is 7.46. The van der Waals surface area contributed by atoms with Crippen LogP contribution in [0.5, 0.6) is 0 Å². The molecule has 0 aromatic heterocycles. The summed E-state index contributed by atoms with van der Waals surface area (Å²) in [6.07, 6.45) is 15.6. The molecular formula is C14H28Si2. The van der Waals surface area contributed by atoms with Gasteiger partial charge in [-0.2, -0.15) is 0 Å². The van der Waals surface area contributed by atoms with Crippen LogP contribution in [0.2, 0.25) is 24.2 Å². The molecule has 0 N–H and O–H groups in total. The maximum Gasteiger partial charge on any atom is 0.0378 e. The Hall–Kier alpha value is 0.434. The topological polar surface area (TPSA) is 0 Å². The molecule has 16 heavy (non-hydrogen) atoms. The quantitative estimate of drug-likeness (QED) is 0.621. The van der Waals surface area contributed by atoms with Gasteiger partial charge < -0.3 is 0 Å². The lowest BCUT2D eigenvalue weighted by atomic mass is 10.0. The van der Waals surface area contributed by atoms with E-state index in [1.54, 1.807) is 51.4 Å². The van der Waals surface area contributed by atoms with Gasteiger partial charge in [-0.15, -0.1) is 0 Å². The summed E-state index contributed by atoms with van der Waals surface area (Å²) < 4.78 is 0. The Morgan fingerprint density at radius 2 is 0.875 bits per heavy atom. The van der Waals surface area contributed by atoms with Crippen molar-refractivity contribution in [2.45, 2.75) is 88.4 Å². The highest BCUT2D eigenvalue weighted by Gasteiger charge is 2.32. The van der Waals surface area contributed by atoms with Crippen molar-refractivity contribution >= 4 is 16.6 Å². The second-order valence-corrected chi connectivity index (χ2v) is 15.1.